The number of hydrogen-bond acceptors (Lipinski definition) is 4. The molecule has 1 aliphatic heterocycles. The third kappa shape index (κ3) is 3.56. The molecular weight excluding hydrogens is 254 g/mol. The van der Waals surface area contributed by atoms with E-state index in [1.54, 1.807) is 18.5 Å². The zero-order valence-corrected chi connectivity index (χ0v) is 11.6. The number of nitrogens with one attached hydrogen (secondary N) is 1. The Balaban J connectivity index is 2.02. The molecule has 0 aliphatic carbocycles. The summed E-state index contributed by atoms with van der Waals surface area (Å²) in [5, 5.41) is 2.94. The van der Waals surface area contributed by atoms with Crippen LogP contribution in [0.1, 0.15) is 29.3 Å². The van der Waals surface area contributed by atoms with Gasteiger partial charge in [-0.15, -0.1) is 0 Å². The number of amides is 1. The first-order valence-corrected chi connectivity index (χ1v) is 6.75. The summed E-state index contributed by atoms with van der Waals surface area (Å²) in [6.45, 7) is 3.68. The Kier molecular flexibility index (Phi) is 5.10. The quantitative estimate of drug-likeness (QED) is 0.788. The van der Waals surface area contributed by atoms with Crippen molar-refractivity contribution in [1.82, 2.24) is 10.3 Å². The van der Waals surface area contributed by atoms with Gasteiger partial charge >= 0.3 is 0 Å². The van der Waals surface area contributed by atoms with Gasteiger partial charge < -0.3 is 15.8 Å². The van der Waals surface area contributed by atoms with Gasteiger partial charge in [-0.2, -0.15) is 0 Å². The van der Waals surface area contributed by atoms with Gasteiger partial charge in [0.05, 0.1) is 23.8 Å². The summed E-state index contributed by atoms with van der Waals surface area (Å²) in [5.41, 5.74) is 6.49. The van der Waals surface area contributed by atoms with Crippen molar-refractivity contribution >= 4 is 5.91 Å². The number of pyridine rings is 1. The molecule has 1 amide bonds. The molecule has 2 unspecified atom stereocenters. The Morgan fingerprint density at radius 2 is 2.50 bits per heavy atom. The van der Waals surface area contributed by atoms with Crippen molar-refractivity contribution in [1.29, 1.82) is 0 Å². The smallest absolute Gasteiger partial charge is 0.252 e. The van der Waals surface area contributed by atoms with Crippen LogP contribution in [0.2, 0.25) is 0 Å². The molecule has 0 aromatic carbocycles. The van der Waals surface area contributed by atoms with Gasteiger partial charge in [0.15, 0.2) is 0 Å². The van der Waals surface area contributed by atoms with E-state index in [4.69, 9.17) is 10.5 Å². The molecule has 2 heterocycles. The van der Waals surface area contributed by atoms with Crippen molar-refractivity contribution in [3.63, 3.8) is 0 Å². The third-order valence-corrected chi connectivity index (χ3v) is 3.45. The minimum absolute atomic E-state index is 0.132. The molecule has 1 saturated heterocycles. The normalized spacial score (nSPS) is 21.1. The number of rotatable bonds is 3. The molecule has 3 N–H and O–H groups in total. The zero-order valence-electron chi connectivity index (χ0n) is 11.6. The maximum absolute atomic E-state index is 12.2. The average Bonchev–Trinajstić information content (AvgIpc) is 2.88. The molecule has 106 valence electrons. The van der Waals surface area contributed by atoms with Crippen LogP contribution in [0.5, 0.6) is 0 Å². The van der Waals surface area contributed by atoms with Gasteiger partial charge in [0.2, 0.25) is 0 Å². The predicted octanol–water partition coefficient (Wildman–Crippen LogP) is 0.547. The second kappa shape index (κ2) is 7.04. The van der Waals surface area contributed by atoms with E-state index in [2.05, 4.69) is 22.1 Å². The topological polar surface area (TPSA) is 77.2 Å². The average molecular weight is 273 g/mol. The summed E-state index contributed by atoms with van der Waals surface area (Å²) in [7, 11) is 0. The summed E-state index contributed by atoms with van der Waals surface area (Å²) < 4.78 is 5.48. The number of carbonyl (C=O) groups is 1. The van der Waals surface area contributed by atoms with E-state index >= 15 is 0 Å². The summed E-state index contributed by atoms with van der Waals surface area (Å²) in [4.78, 5) is 16.2. The molecule has 2 rings (SSSR count). The molecule has 1 fully saturated rings. The number of carbonyl (C=O) groups excluding carboxylic acids is 1. The fraction of sp³-hybridized carbons (Fsp3) is 0.467. The van der Waals surface area contributed by atoms with E-state index in [0.29, 0.717) is 23.6 Å². The molecule has 0 saturated carbocycles. The Morgan fingerprint density at radius 1 is 1.65 bits per heavy atom. The minimum atomic E-state index is -0.132. The van der Waals surface area contributed by atoms with Crippen molar-refractivity contribution in [3.8, 4) is 11.8 Å². The lowest BCUT2D eigenvalue weighted by Crippen LogP contribution is -2.32. The monoisotopic (exact) mass is 273 g/mol. The van der Waals surface area contributed by atoms with E-state index in [0.717, 1.165) is 13.0 Å². The summed E-state index contributed by atoms with van der Waals surface area (Å²) in [6, 6.07) is 1.67. The summed E-state index contributed by atoms with van der Waals surface area (Å²) >= 11 is 0. The molecule has 1 aliphatic rings. The van der Waals surface area contributed by atoms with Crippen LogP contribution >= 0.6 is 0 Å². The molecule has 20 heavy (non-hydrogen) atoms. The number of aromatic nitrogens is 1. The van der Waals surface area contributed by atoms with Gasteiger partial charge in [-0.05, 0) is 19.4 Å². The van der Waals surface area contributed by atoms with Crippen LogP contribution in [0.4, 0.5) is 0 Å². The van der Waals surface area contributed by atoms with Crippen LogP contribution in [0.25, 0.3) is 0 Å². The van der Waals surface area contributed by atoms with Crippen LogP contribution in [-0.2, 0) is 4.74 Å². The van der Waals surface area contributed by atoms with E-state index in [-0.39, 0.29) is 18.6 Å². The van der Waals surface area contributed by atoms with Crippen molar-refractivity contribution in [2.24, 2.45) is 11.7 Å². The Labute approximate surface area is 118 Å². The molecular formula is C15H19N3O2. The first-order chi connectivity index (χ1) is 9.72. The highest BCUT2D eigenvalue weighted by molar-refractivity contribution is 5.96. The van der Waals surface area contributed by atoms with E-state index in [9.17, 15) is 4.79 Å². The molecule has 1 aromatic rings. The molecule has 5 nitrogen and oxygen atoms in total. The predicted molar refractivity (Wildman–Crippen MR) is 76.0 cm³/mol. The van der Waals surface area contributed by atoms with Gasteiger partial charge in [0, 0.05) is 31.5 Å². The lowest BCUT2D eigenvalue weighted by atomic mass is 10.0. The number of nitrogens with two attached hydrogens (primary N) is 1. The first kappa shape index (κ1) is 14.5. The largest absolute Gasteiger partial charge is 0.378 e. The van der Waals surface area contributed by atoms with Gasteiger partial charge in [0.25, 0.3) is 5.91 Å². The van der Waals surface area contributed by atoms with Crippen molar-refractivity contribution in [3.05, 3.63) is 29.6 Å². The second-order valence-corrected chi connectivity index (χ2v) is 4.76. The van der Waals surface area contributed by atoms with E-state index < -0.39 is 0 Å². The summed E-state index contributed by atoms with van der Waals surface area (Å²) in [6.07, 6.45) is 4.35. The number of nitrogens with zero attached hydrogens (tertiary/aromatic N) is 1. The van der Waals surface area contributed by atoms with Crippen LogP contribution < -0.4 is 11.1 Å². The van der Waals surface area contributed by atoms with Gasteiger partial charge in [-0.25, -0.2) is 0 Å². The molecule has 2 atom stereocenters. The maximum Gasteiger partial charge on any atom is 0.252 e. The van der Waals surface area contributed by atoms with Crippen molar-refractivity contribution in [2.75, 3.05) is 19.7 Å². The number of ether oxygens (including phenoxy) is 1. The maximum atomic E-state index is 12.2. The fourth-order valence-corrected chi connectivity index (χ4v) is 2.20. The highest BCUT2D eigenvalue weighted by Gasteiger charge is 2.24. The minimum Gasteiger partial charge on any atom is -0.378 e. The molecule has 0 radical (unpaired) electrons. The lowest BCUT2D eigenvalue weighted by Gasteiger charge is -2.15. The highest BCUT2D eigenvalue weighted by Crippen LogP contribution is 2.19. The van der Waals surface area contributed by atoms with E-state index in [1.807, 2.05) is 6.92 Å². The van der Waals surface area contributed by atoms with Crippen LogP contribution in [0.15, 0.2) is 18.5 Å². The van der Waals surface area contributed by atoms with Gasteiger partial charge in [-0.1, -0.05) is 11.8 Å². The SMILES string of the molecule is CC1OCCC1CNC(=O)c1ccncc1C#CCN. The third-order valence-electron chi connectivity index (χ3n) is 3.45. The van der Waals surface area contributed by atoms with Crippen LogP contribution in [0.3, 0.4) is 0 Å². The lowest BCUT2D eigenvalue weighted by molar-refractivity contribution is 0.0907. The van der Waals surface area contributed by atoms with Crippen LogP contribution in [0, 0.1) is 17.8 Å². The summed E-state index contributed by atoms with van der Waals surface area (Å²) in [5.74, 6) is 5.85. The van der Waals surface area contributed by atoms with Crippen LogP contribution in [-0.4, -0.2) is 36.7 Å². The van der Waals surface area contributed by atoms with Gasteiger partial charge in [-0.3, -0.25) is 9.78 Å². The molecule has 1 aromatic heterocycles. The fourth-order valence-electron chi connectivity index (χ4n) is 2.20. The first-order valence-electron chi connectivity index (χ1n) is 6.75. The van der Waals surface area contributed by atoms with Crippen molar-refractivity contribution < 1.29 is 9.53 Å². The Bertz CT molecular complexity index is 533. The molecule has 0 spiro atoms. The second-order valence-electron chi connectivity index (χ2n) is 4.76. The van der Waals surface area contributed by atoms with Crippen molar-refractivity contribution in [2.45, 2.75) is 19.4 Å². The Hall–Kier alpha value is -1.90. The standard InChI is InChI=1S/C15H19N3O2/c1-11-12(5-8-20-11)10-18-15(19)14-4-7-17-9-13(14)3-2-6-16/h4,7,9,11-12H,5-6,8,10,16H2,1H3,(H,18,19). The molecule has 5 heteroatoms. The highest BCUT2D eigenvalue weighted by atomic mass is 16.5. The molecule has 0 bridgehead atoms. The van der Waals surface area contributed by atoms with Gasteiger partial charge in [0.1, 0.15) is 0 Å². The Morgan fingerprint density at radius 3 is 3.20 bits per heavy atom. The number of hydrogen-bond donors (Lipinski definition) is 2. The zero-order chi connectivity index (χ0) is 14.4. The van der Waals surface area contributed by atoms with E-state index in [1.165, 1.54) is 0 Å².